The molecule has 3 amide bonds. The highest BCUT2D eigenvalue weighted by Crippen LogP contribution is 2.10. The maximum Gasteiger partial charge on any atom is 0.243 e. The van der Waals surface area contributed by atoms with Crippen molar-refractivity contribution < 1.29 is 19.2 Å². The Kier molecular flexibility index (Phi) is 12.6. The lowest BCUT2D eigenvalue weighted by Crippen LogP contribution is -2.55. The molecule has 3 unspecified atom stereocenters. The van der Waals surface area contributed by atoms with E-state index >= 15 is 0 Å². The number of Topliss-reactive ketones (excluding diaryl/α,β-unsaturated/α-hetero) is 1. The largest absolute Gasteiger partial charge is 0.347 e. The molecular formula is C23H35N3O4S. The van der Waals surface area contributed by atoms with Crippen molar-refractivity contribution in [3.8, 4) is 0 Å². The fourth-order valence-corrected chi connectivity index (χ4v) is 3.67. The Balaban J connectivity index is 2.93. The molecule has 0 aliphatic carbocycles. The number of carbonyl (C=O) groups excluding carboxylic acids is 4. The van der Waals surface area contributed by atoms with Crippen molar-refractivity contribution in [2.75, 3.05) is 12.0 Å². The van der Waals surface area contributed by atoms with Crippen molar-refractivity contribution in [3.05, 3.63) is 35.9 Å². The molecule has 0 aliphatic heterocycles. The minimum Gasteiger partial charge on any atom is -0.347 e. The Hall–Kier alpha value is -2.35. The first-order chi connectivity index (χ1) is 14.8. The zero-order valence-electron chi connectivity index (χ0n) is 18.9. The molecule has 0 fully saturated rings. The summed E-state index contributed by atoms with van der Waals surface area (Å²) in [6.45, 7) is 5.68. The van der Waals surface area contributed by atoms with E-state index in [1.54, 1.807) is 18.7 Å². The third kappa shape index (κ3) is 10.0. The Morgan fingerprint density at radius 2 is 1.61 bits per heavy atom. The molecule has 0 saturated heterocycles. The van der Waals surface area contributed by atoms with Crippen LogP contribution >= 0.6 is 11.8 Å². The van der Waals surface area contributed by atoms with Crippen molar-refractivity contribution in [1.82, 2.24) is 16.0 Å². The number of carbonyl (C=O) groups is 4. The molecule has 1 rings (SSSR count). The van der Waals surface area contributed by atoms with Gasteiger partial charge in [-0.1, -0.05) is 51.1 Å². The third-order valence-corrected chi connectivity index (χ3v) is 5.52. The number of benzene rings is 1. The van der Waals surface area contributed by atoms with Crippen LogP contribution < -0.4 is 16.0 Å². The Morgan fingerprint density at radius 3 is 2.16 bits per heavy atom. The Labute approximate surface area is 189 Å². The molecule has 0 radical (unpaired) electrons. The van der Waals surface area contributed by atoms with E-state index in [2.05, 4.69) is 16.0 Å². The molecule has 0 aliphatic rings. The quantitative estimate of drug-likeness (QED) is 0.356. The summed E-state index contributed by atoms with van der Waals surface area (Å²) in [5.41, 5.74) is 0.950. The highest BCUT2D eigenvalue weighted by atomic mass is 32.2. The minimum atomic E-state index is -0.791. The average molecular weight is 450 g/mol. The van der Waals surface area contributed by atoms with Crippen LogP contribution in [0.2, 0.25) is 0 Å². The zero-order valence-corrected chi connectivity index (χ0v) is 19.7. The molecule has 172 valence electrons. The van der Waals surface area contributed by atoms with E-state index in [9.17, 15) is 19.2 Å². The molecule has 0 spiro atoms. The van der Waals surface area contributed by atoms with Crippen molar-refractivity contribution in [2.24, 2.45) is 5.92 Å². The first kappa shape index (κ1) is 26.7. The molecule has 7 nitrogen and oxygen atoms in total. The third-order valence-electron chi connectivity index (χ3n) is 4.87. The second kappa shape index (κ2) is 14.6. The van der Waals surface area contributed by atoms with Gasteiger partial charge in [0.05, 0.1) is 6.04 Å². The van der Waals surface area contributed by atoms with Crippen LogP contribution in [-0.4, -0.2) is 54.1 Å². The molecule has 8 heteroatoms. The monoisotopic (exact) mass is 449 g/mol. The zero-order chi connectivity index (χ0) is 23.2. The normalized spacial score (nSPS) is 13.7. The number of hydrogen-bond donors (Lipinski definition) is 3. The first-order valence-electron chi connectivity index (χ1n) is 10.7. The van der Waals surface area contributed by atoms with E-state index in [4.69, 9.17) is 0 Å². The van der Waals surface area contributed by atoms with Gasteiger partial charge in [0.15, 0.2) is 5.78 Å². The Morgan fingerprint density at radius 1 is 1.00 bits per heavy atom. The molecular weight excluding hydrogens is 414 g/mol. The van der Waals surface area contributed by atoms with E-state index in [-0.39, 0.29) is 17.6 Å². The maximum atomic E-state index is 13.1. The summed E-state index contributed by atoms with van der Waals surface area (Å²) >= 11 is 1.57. The van der Waals surface area contributed by atoms with Crippen LogP contribution in [0.25, 0.3) is 0 Å². The van der Waals surface area contributed by atoms with E-state index in [1.807, 2.05) is 50.4 Å². The van der Waals surface area contributed by atoms with Crippen molar-refractivity contribution in [3.63, 3.8) is 0 Å². The molecule has 0 aromatic heterocycles. The lowest BCUT2D eigenvalue weighted by atomic mass is 9.98. The van der Waals surface area contributed by atoms with Crippen LogP contribution in [0.3, 0.4) is 0 Å². The van der Waals surface area contributed by atoms with Gasteiger partial charge in [-0.05, 0) is 42.8 Å². The summed E-state index contributed by atoms with van der Waals surface area (Å²) in [4.78, 5) is 49.1. The van der Waals surface area contributed by atoms with Crippen LogP contribution in [0, 0.1) is 5.92 Å². The van der Waals surface area contributed by atoms with Crippen molar-refractivity contribution >= 4 is 35.8 Å². The number of hydrogen-bond acceptors (Lipinski definition) is 5. The fourth-order valence-electron chi connectivity index (χ4n) is 3.20. The van der Waals surface area contributed by atoms with E-state index in [0.717, 1.165) is 5.56 Å². The molecule has 3 N–H and O–H groups in total. The standard InChI is InChI=1S/C23H35N3O4S/c1-5-21(28)19(14-17-9-7-6-8-10-17)25-23(30)20(13-16(2)3)26-22(29)18(24-15-27)11-12-31-4/h6-10,15-16,18-20H,5,11-14H2,1-4H3,(H,24,27)(H,25,30)(H,26,29). The fraction of sp³-hybridized carbons (Fsp3) is 0.565. The van der Waals surface area contributed by atoms with E-state index < -0.39 is 24.0 Å². The van der Waals surface area contributed by atoms with Crippen LogP contribution in [-0.2, 0) is 25.6 Å². The number of ketones is 1. The highest BCUT2D eigenvalue weighted by Gasteiger charge is 2.29. The SMILES string of the molecule is CCC(=O)C(Cc1ccccc1)NC(=O)C(CC(C)C)NC(=O)C(CCSC)NC=O. The predicted molar refractivity (Wildman–Crippen MR) is 125 cm³/mol. The topological polar surface area (TPSA) is 104 Å². The van der Waals surface area contributed by atoms with Gasteiger partial charge in [0.2, 0.25) is 18.2 Å². The molecule has 3 atom stereocenters. The number of rotatable bonds is 15. The lowest BCUT2D eigenvalue weighted by Gasteiger charge is -2.25. The van der Waals surface area contributed by atoms with Crippen molar-refractivity contribution in [1.29, 1.82) is 0 Å². The van der Waals surface area contributed by atoms with Crippen molar-refractivity contribution in [2.45, 2.75) is 64.6 Å². The van der Waals surface area contributed by atoms with E-state index in [0.29, 0.717) is 37.8 Å². The van der Waals surface area contributed by atoms with Gasteiger partial charge in [-0.15, -0.1) is 0 Å². The summed E-state index contributed by atoms with van der Waals surface area (Å²) in [6.07, 6.45) is 4.00. The van der Waals surface area contributed by atoms with E-state index in [1.165, 1.54) is 0 Å². The molecule has 0 bridgehead atoms. The molecule has 31 heavy (non-hydrogen) atoms. The lowest BCUT2D eigenvalue weighted by molar-refractivity contribution is -0.132. The van der Waals surface area contributed by atoms with Gasteiger partial charge < -0.3 is 16.0 Å². The van der Waals surface area contributed by atoms with Gasteiger partial charge in [-0.2, -0.15) is 11.8 Å². The summed E-state index contributed by atoms with van der Waals surface area (Å²) in [6, 6.07) is 7.35. The number of amides is 3. The van der Waals surface area contributed by atoms with Gasteiger partial charge in [0, 0.05) is 6.42 Å². The van der Waals surface area contributed by atoms with Gasteiger partial charge in [0.1, 0.15) is 12.1 Å². The molecule has 1 aromatic rings. The number of thioether (sulfide) groups is 1. The smallest absolute Gasteiger partial charge is 0.243 e. The predicted octanol–water partition coefficient (Wildman–Crippen LogP) is 2.09. The maximum absolute atomic E-state index is 13.1. The summed E-state index contributed by atoms with van der Waals surface area (Å²) in [5, 5.41) is 8.14. The van der Waals surface area contributed by atoms with Gasteiger partial charge >= 0.3 is 0 Å². The van der Waals surface area contributed by atoms with Crippen LogP contribution in [0.15, 0.2) is 30.3 Å². The van der Waals surface area contributed by atoms with Gasteiger partial charge in [-0.25, -0.2) is 0 Å². The average Bonchev–Trinajstić information content (AvgIpc) is 2.75. The van der Waals surface area contributed by atoms with Crippen LogP contribution in [0.1, 0.15) is 45.6 Å². The summed E-state index contributed by atoms with van der Waals surface area (Å²) in [5.74, 6) is -0.00577. The Bertz CT molecular complexity index is 712. The van der Waals surface area contributed by atoms with Gasteiger partial charge in [0.25, 0.3) is 0 Å². The summed E-state index contributed by atoms with van der Waals surface area (Å²) in [7, 11) is 0. The number of nitrogens with one attached hydrogen (secondary N) is 3. The molecule has 0 heterocycles. The van der Waals surface area contributed by atoms with Crippen LogP contribution in [0.4, 0.5) is 0 Å². The second-order valence-electron chi connectivity index (χ2n) is 7.88. The van der Waals surface area contributed by atoms with Crippen LogP contribution in [0.5, 0.6) is 0 Å². The summed E-state index contributed by atoms with van der Waals surface area (Å²) < 4.78 is 0. The molecule has 1 aromatic carbocycles. The minimum absolute atomic E-state index is 0.0627. The molecule has 0 saturated carbocycles. The highest BCUT2D eigenvalue weighted by molar-refractivity contribution is 7.98. The first-order valence-corrected chi connectivity index (χ1v) is 12.1. The second-order valence-corrected chi connectivity index (χ2v) is 8.87. The van der Waals surface area contributed by atoms with Gasteiger partial charge in [-0.3, -0.25) is 19.2 Å².